The number of amides is 1. The van der Waals surface area contributed by atoms with E-state index in [1.807, 2.05) is 30.3 Å². The minimum Gasteiger partial charge on any atom is -0.508 e. The summed E-state index contributed by atoms with van der Waals surface area (Å²) in [5.41, 5.74) is 3.57. The van der Waals surface area contributed by atoms with Gasteiger partial charge in [-0.25, -0.2) is 4.98 Å². The van der Waals surface area contributed by atoms with Crippen LogP contribution in [0.5, 0.6) is 5.75 Å². The van der Waals surface area contributed by atoms with Crippen molar-refractivity contribution in [2.45, 2.75) is 12.8 Å². The molecule has 0 aliphatic heterocycles. The van der Waals surface area contributed by atoms with E-state index in [2.05, 4.69) is 28.5 Å². The molecule has 8 heteroatoms. The van der Waals surface area contributed by atoms with Crippen LogP contribution in [-0.2, 0) is 16.0 Å². The number of rotatable bonds is 6. The van der Waals surface area contributed by atoms with Crippen molar-refractivity contribution in [3.63, 3.8) is 0 Å². The number of aromatic nitrogens is 1. The molecule has 4 N–H and O–H groups in total. The fourth-order valence-corrected chi connectivity index (χ4v) is 4.12. The molecule has 1 amide bonds. The van der Waals surface area contributed by atoms with Crippen LogP contribution in [0, 0.1) is 10.8 Å². The first kappa shape index (κ1) is 21.2. The van der Waals surface area contributed by atoms with Crippen LogP contribution in [0.15, 0.2) is 72.8 Å². The first-order valence-corrected chi connectivity index (χ1v) is 10.6. The van der Waals surface area contributed by atoms with Gasteiger partial charge in [0.25, 0.3) is 0 Å². The molecular formula is C24H20N4O3S. The number of nitrogens with zero attached hydrogens (tertiary/aromatic N) is 1. The molecule has 1 aromatic heterocycles. The van der Waals surface area contributed by atoms with Gasteiger partial charge < -0.3 is 15.2 Å². The highest BCUT2D eigenvalue weighted by Gasteiger charge is 2.13. The molecule has 0 fully saturated rings. The summed E-state index contributed by atoms with van der Waals surface area (Å²) in [7, 11) is 0. The Balaban J connectivity index is 1.33. The van der Waals surface area contributed by atoms with E-state index in [1.165, 1.54) is 23.5 Å². The fourth-order valence-electron chi connectivity index (χ4n) is 3.11. The number of carbonyl (C=O) groups is 1. The maximum Gasteiger partial charge on any atom is 0.233 e. The number of hydrogen-bond acceptors (Lipinski definition) is 7. The van der Waals surface area contributed by atoms with Crippen LogP contribution in [0.3, 0.4) is 0 Å². The molecule has 1 heterocycles. The number of thiazole rings is 1. The predicted octanol–water partition coefficient (Wildman–Crippen LogP) is 5.21. The summed E-state index contributed by atoms with van der Waals surface area (Å²) in [6, 6.07) is 22.1. The molecule has 4 aromatic rings. The van der Waals surface area contributed by atoms with Crippen molar-refractivity contribution >= 4 is 44.9 Å². The van der Waals surface area contributed by atoms with Crippen LogP contribution in [0.1, 0.15) is 11.4 Å². The molecule has 0 atom stereocenters. The second-order valence-corrected chi connectivity index (χ2v) is 8.17. The molecule has 0 saturated carbocycles. The number of carbonyl (C=O) groups excluding carboxylic acids is 1. The minimum absolute atomic E-state index is 0.0960. The average molecular weight is 445 g/mol. The van der Waals surface area contributed by atoms with E-state index < -0.39 is 5.91 Å². The van der Waals surface area contributed by atoms with Gasteiger partial charge in [0.2, 0.25) is 5.91 Å². The summed E-state index contributed by atoms with van der Waals surface area (Å²) in [4.78, 5) is 16.6. The minimum atomic E-state index is -0.443. The number of aromatic hydroxyl groups is 1. The smallest absolute Gasteiger partial charge is 0.233 e. The van der Waals surface area contributed by atoms with Crippen molar-refractivity contribution in [2.24, 2.45) is 0 Å². The maximum absolute atomic E-state index is 12.0. The topological polar surface area (TPSA) is 119 Å². The fraction of sp³-hybridized carbons (Fsp3) is 0.0833. The van der Waals surface area contributed by atoms with Gasteiger partial charge in [-0.15, -0.1) is 11.3 Å². The number of hydrogen-bond donors (Lipinski definition) is 4. The second-order valence-electron chi connectivity index (χ2n) is 7.05. The van der Waals surface area contributed by atoms with Crippen LogP contribution in [0.4, 0.5) is 5.69 Å². The number of fused-ring (bicyclic) bond motifs is 1. The van der Waals surface area contributed by atoms with Crippen molar-refractivity contribution in [3.05, 3.63) is 77.8 Å². The van der Waals surface area contributed by atoms with Crippen LogP contribution < -0.4 is 5.32 Å². The lowest BCUT2D eigenvalue weighted by Crippen LogP contribution is -2.20. The Hall–Kier alpha value is -4.04. The summed E-state index contributed by atoms with van der Waals surface area (Å²) in [5, 5.41) is 28.5. The molecule has 0 radical (unpaired) electrons. The van der Waals surface area contributed by atoms with E-state index in [0.29, 0.717) is 10.7 Å². The lowest BCUT2D eigenvalue weighted by Gasteiger charge is -2.08. The van der Waals surface area contributed by atoms with Crippen molar-refractivity contribution in [2.75, 3.05) is 5.32 Å². The maximum atomic E-state index is 12.0. The average Bonchev–Trinajstić information content (AvgIpc) is 3.17. The second kappa shape index (κ2) is 9.40. The largest absolute Gasteiger partial charge is 0.508 e. The quantitative estimate of drug-likeness (QED) is 0.185. The van der Waals surface area contributed by atoms with Gasteiger partial charge in [0.05, 0.1) is 16.6 Å². The Morgan fingerprint density at radius 2 is 1.72 bits per heavy atom. The highest BCUT2D eigenvalue weighted by atomic mass is 32.1. The van der Waals surface area contributed by atoms with Gasteiger partial charge in [-0.05, 0) is 47.5 Å². The molecule has 3 aromatic carbocycles. The zero-order valence-corrected chi connectivity index (χ0v) is 17.8. The SMILES string of the molecule is N=C(CC(=O)Nc1ccc(O)cc1)OC(=N)Cc1nc2ccc(-c3ccccc3)cc2s1. The molecule has 0 bridgehead atoms. The molecule has 160 valence electrons. The molecule has 32 heavy (non-hydrogen) atoms. The summed E-state index contributed by atoms with van der Waals surface area (Å²) in [5.74, 6) is -0.811. The Morgan fingerprint density at radius 1 is 0.969 bits per heavy atom. The van der Waals surface area contributed by atoms with Gasteiger partial charge in [0, 0.05) is 5.69 Å². The van der Waals surface area contributed by atoms with Crippen LogP contribution in [0.25, 0.3) is 21.3 Å². The Morgan fingerprint density at radius 3 is 2.47 bits per heavy atom. The lowest BCUT2D eigenvalue weighted by molar-refractivity contribution is -0.115. The van der Waals surface area contributed by atoms with Crippen molar-refractivity contribution in [3.8, 4) is 16.9 Å². The molecule has 7 nitrogen and oxygen atoms in total. The third-order valence-electron chi connectivity index (χ3n) is 4.57. The van der Waals surface area contributed by atoms with Gasteiger partial charge >= 0.3 is 0 Å². The molecule has 0 aliphatic carbocycles. The number of phenolic OH excluding ortho intramolecular Hbond substituents is 1. The van der Waals surface area contributed by atoms with Gasteiger partial charge in [0.1, 0.15) is 17.2 Å². The molecule has 0 unspecified atom stereocenters. The first-order valence-electron chi connectivity index (χ1n) is 9.83. The first-order chi connectivity index (χ1) is 15.5. The molecule has 0 saturated heterocycles. The van der Waals surface area contributed by atoms with E-state index >= 15 is 0 Å². The highest BCUT2D eigenvalue weighted by molar-refractivity contribution is 7.18. The third kappa shape index (κ3) is 5.35. The molecular weight excluding hydrogens is 424 g/mol. The van der Waals surface area contributed by atoms with Gasteiger partial charge in [-0.2, -0.15) is 0 Å². The summed E-state index contributed by atoms with van der Waals surface area (Å²) < 4.78 is 6.21. The van der Waals surface area contributed by atoms with Gasteiger partial charge in [0.15, 0.2) is 11.8 Å². The predicted molar refractivity (Wildman–Crippen MR) is 127 cm³/mol. The summed E-state index contributed by atoms with van der Waals surface area (Å²) >= 11 is 1.48. The zero-order valence-electron chi connectivity index (χ0n) is 17.0. The number of nitrogens with one attached hydrogen (secondary N) is 3. The van der Waals surface area contributed by atoms with Crippen molar-refractivity contribution in [1.29, 1.82) is 10.8 Å². The van der Waals surface area contributed by atoms with Crippen LogP contribution in [0.2, 0.25) is 0 Å². The summed E-state index contributed by atoms with van der Waals surface area (Å²) in [6.07, 6.45) is -0.161. The molecule has 0 spiro atoms. The highest BCUT2D eigenvalue weighted by Crippen LogP contribution is 2.28. The van der Waals surface area contributed by atoms with Crippen LogP contribution >= 0.6 is 11.3 Å². The van der Waals surface area contributed by atoms with E-state index in [0.717, 1.165) is 21.3 Å². The normalized spacial score (nSPS) is 10.6. The Labute approximate surface area is 188 Å². The van der Waals surface area contributed by atoms with Crippen molar-refractivity contribution in [1.82, 2.24) is 4.98 Å². The monoisotopic (exact) mass is 444 g/mol. The zero-order chi connectivity index (χ0) is 22.5. The number of benzene rings is 3. The van der Waals surface area contributed by atoms with Gasteiger partial charge in [-0.1, -0.05) is 36.4 Å². The van der Waals surface area contributed by atoms with Crippen LogP contribution in [-0.4, -0.2) is 27.8 Å². The number of anilines is 1. The Kier molecular flexibility index (Phi) is 6.23. The van der Waals surface area contributed by atoms with Crippen molar-refractivity contribution < 1.29 is 14.6 Å². The number of ether oxygens (including phenoxy) is 1. The van der Waals surface area contributed by atoms with Gasteiger partial charge in [-0.3, -0.25) is 15.6 Å². The standard InChI is InChI=1S/C24H20N4O3S/c25-21(13-23(30)27-17-7-9-18(29)10-8-17)31-22(26)14-24-28-19-11-6-16(12-20(19)32-24)15-4-2-1-3-5-15/h1-12,25-26,29H,13-14H2,(H,27,30). The molecule has 0 aliphatic rings. The van der Waals surface area contributed by atoms with E-state index in [9.17, 15) is 9.90 Å². The number of phenols is 1. The lowest BCUT2D eigenvalue weighted by atomic mass is 10.1. The van der Waals surface area contributed by atoms with E-state index in [1.54, 1.807) is 12.1 Å². The summed E-state index contributed by atoms with van der Waals surface area (Å²) in [6.45, 7) is 0. The Bertz CT molecular complexity index is 1280. The van der Waals surface area contributed by atoms with E-state index in [4.69, 9.17) is 15.6 Å². The van der Waals surface area contributed by atoms with E-state index in [-0.39, 0.29) is 30.4 Å². The molecule has 4 rings (SSSR count). The third-order valence-corrected chi connectivity index (χ3v) is 5.59.